The van der Waals surface area contributed by atoms with Gasteiger partial charge in [0.25, 0.3) is 5.56 Å². The first-order valence-corrected chi connectivity index (χ1v) is 7.96. The molecule has 0 aliphatic rings. The maximum atomic E-state index is 12.7. The van der Waals surface area contributed by atoms with Crippen molar-refractivity contribution in [3.8, 4) is 11.5 Å². The van der Waals surface area contributed by atoms with Crippen molar-refractivity contribution in [2.45, 2.75) is 12.6 Å². The smallest absolute Gasteiger partial charge is 0.261 e. The Labute approximate surface area is 149 Å². The molecule has 1 heterocycles. The third-order valence-electron chi connectivity index (χ3n) is 3.95. The van der Waals surface area contributed by atoms with E-state index in [4.69, 9.17) is 21.1 Å². The van der Waals surface area contributed by atoms with Crippen LogP contribution in [0, 0.1) is 0 Å². The number of aromatic nitrogens is 2. The Hall–Kier alpha value is -2.57. The van der Waals surface area contributed by atoms with Crippen molar-refractivity contribution in [3.05, 3.63) is 63.7 Å². The molecule has 0 saturated carbocycles. The first kappa shape index (κ1) is 17.3. The third-order valence-corrected chi connectivity index (χ3v) is 4.21. The van der Waals surface area contributed by atoms with Crippen molar-refractivity contribution in [1.82, 2.24) is 9.55 Å². The molecule has 1 N–H and O–H groups in total. The highest BCUT2D eigenvalue weighted by Crippen LogP contribution is 2.30. The minimum Gasteiger partial charge on any atom is -0.493 e. The number of benzene rings is 2. The van der Waals surface area contributed by atoms with Gasteiger partial charge in [-0.2, -0.15) is 0 Å². The number of nitrogens with zero attached hydrogens (tertiary/aromatic N) is 2. The second kappa shape index (κ2) is 7.13. The van der Waals surface area contributed by atoms with Crippen LogP contribution in [-0.2, 0) is 6.54 Å². The summed E-state index contributed by atoms with van der Waals surface area (Å²) in [5.41, 5.74) is 0.905. The van der Waals surface area contributed by atoms with Crippen LogP contribution >= 0.6 is 11.6 Å². The molecule has 0 radical (unpaired) electrons. The molecular formula is C18H17ClN2O4. The van der Waals surface area contributed by atoms with E-state index in [1.807, 2.05) is 0 Å². The van der Waals surface area contributed by atoms with E-state index < -0.39 is 6.10 Å². The highest BCUT2D eigenvalue weighted by Gasteiger charge is 2.14. The third kappa shape index (κ3) is 3.45. The van der Waals surface area contributed by atoms with E-state index in [0.29, 0.717) is 33.0 Å². The summed E-state index contributed by atoms with van der Waals surface area (Å²) in [6, 6.07) is 10.1. The number of hydrogen-bond donors (Lipinski definition) is 1. The Kier molecular flexibility index (Phi) is 4.92. The number of ether oxygens (including phenoxy) is 2. The number of hydrogen-bond acceptors (Lipinski definition) is 5. The van der Waals surface area contributed by atoms with Crippen LogP contribution in [0.5, 0.6) is 11.5 Å². The second-order valence-corrected chi connectivity index (χ2v) is 5.93. The van der Waals surface area contributed by atoms with Gasteiger partial charge in [-0.05, 0) is 23.8 Å². The highest BCUT2D eigenvalue weighted by atomic mass is 35.5. The number of fused-ring (bicyclic) bond motifs is 1. The summed E-state index contributed by atoms with van der Waals surface area (Å²) >= 11 is 5.85. The van der Waals surface area contributed by atoms with Crippen molar-refractivity contribution < 1.29 is 14.6 Å². The van der Waals surface area contributed by atoms with Gasteiger partial charge in [0.15, 0.2) is 11.5 Å². The molecule has 1 atom stereocenters. The average molecular weight is 361 g/mol. The maximum Gasteiger partial charge on any atom is 0.261 e. The Morgan fingerprint density at radius 1 is 1.16 bits per heavy atom. The molecular weight excluding hydrogens is 344 g/mol. The molecule has 0 fully saturated rings. The minimum absolute atomic E-state index is 0.0811. The van der Waals surface area contributed by atoms with Crippen LogP contribution in [0.3, 0.4) is 0 Å². The number of halogens is 1. The zero-order valence-corrected chi connectivity index (χ0v) is 14.5. The summed E-state index contributed by atoms with van der Waals surface area (Å²) in [5, 5.41) is 11.3. The highest BCUT2D eigenvalue weighted by molar-refractivity contribution is 6.30. The molecule has 3 aromatic rings. The molecule has 7 heteroatoms. The molecule has 6 nitrogen and oxygen atoms in total. The molecule has 0 unspecified atom stereocenters. The summed E-state index contributed by atoms with van der Waals surface area (Å²) in [4.78, 5) is 17.0. The van der Waals surface area contributed by atoms with Gasteiger partial charge >= 0.3 is 0 Å². The summed E-state index contributed by atoms with van der Waals surface area (Å²) in [5.74, 6) is 0.950. The monoisotopic (exact) mass is 360 g/mol. The van der Waals surface area contributed by atoms with Crippen LogP contribution in [0.25, 0.3) is 10.9 Å². The second-order valence-electron chi connectivity index (χ2n) is 5.49. The Morgan fingerprint density at radius 2 is 1.80 bits per heavy atom. The Morgan fingerprint density at radius 3 is 2.44 bits per heavy atom. The molecule has 130 valence electrons. The lowest BCUT2D eigenvalue weighted by Crippen LogP contribution is -2.23. The van der Waals surface area contributed by atoms with Crippen molar-refractivity contribution in [2.75, 3.05) is 14.2 Å². The van der Waals surface area contributed by atoms with Gasteiger partial charge in [-0.25, -0.2) is 4.98 Å². The molecule has 0 spiro atoms. The fraction of sp³-hybridized carbons (Fsp3) is 0.222. The standard InChI is InChI=1S/C18H17ClN2O4/c1-24-16-7-13-14(8-17(16)25-2)20-10-21(18(13)23)9-15(22)11-3-5-12(19)6-4-11/h3-8,10,15,22H,9H2,1-2H3/t15-/m1/s1. The van der Waals surface area contributed by atoms with Gasteiger partial charge in [-0.15, -0.1) is 0 Å². The molecule has 0 aliphatic heterocycles. The number of aliphatic hydroxyl groups is 1. The van der Waals surface area contributed by atoms with Gasteiger partial charge in [0, 0.05) is 11.1 Å². The summed E-state index contributed by atoms with van der Waals surface area (Å²) in [6.07, 6.45) is 0.560. The van der Waals surface area contributed by atoms with Crippen LogP contribution in [-0.4, -0.2) is 28.9 Å². The lowest BCUT2D eigenvalue weighted by Gasteiger charge is -2.14. The van der Waals surface area contributed by atoms with E-state index in [1.54, 1.807) is 36.4 Å². The van der Waals surface area contributed by atoms with E-state index >= 15 is 0 Å². The van der Waals surface area contributed by atoms with Gasteiger partial charge in [-0.3, -0.25) is 9.36 Å². The maximum absolute atomic E-state index is 12.7. The van der Waals surface area contributed by atoms with Crippen molar-refractivity contribution >= 4 is 22.5 Å². The Balaban J connectivity index is 1.98. The van der Waals surface area contributed by atoms with E-state index in [2.05, 4.69) is 4.98 Å². The van der Waals surface area contributed by atoms with E-state index in [-0.39, 0.29) is 12.1 Å². The quantitative estimate of drug-likeness (QED) is 0.757. The fourth-order valence-electron chi connectivity index (χ4n) is 2.59. The summed E-state index contributed by atoms with van der Waals surface area (Å²) < 4.78 is 11.8. The summed E-state index contributed by atoms with van der Waals surface area (Å²) in [6.45, 7) is 0.0811. The van der Waals surface area contributed by atoms with Crippen molar-refractivity contribution in [1.29, 1.82) is 0 Å². The zero-order chi connectivity index (χ0) is 18.0. The molecule has 0 amide bonds. The van der Waals surface area contributed by atoms with Gasteiger partial charge in [-0.1, -0.05) is 23.7 Å². The zero-order valence-electron chi connectivity index (χ0n) is 13.8. The minimum atomic E-state index is -0.852. The van der Waals surface area contributed by atoms with Gasteiger partial charge in [0.2, 0.25) is 0 Å². The van der Waals surface area contributed by atoms with Crippen molar-refractivity contribution in [3.63, 3.8) is 0 Å². The predicted molar refractivity (Wildman–Crippen MR) is 95.5 cm³/mol. The number of rotatable bonds is 5. The van der Waals surface area contributed by atoms with Crippen LogP contribution in [0.2, 0.25) is 5.02 Å². The number of methoxy groups -OCH3 is 2. The van der Waals surface area contributed by atoms with Crippen LogP contribution < -0.4 is 15.0 Å². The average Bonchev–Trinajstić information content (AvgIpc) is 2.63. The summed E-state index contributed by atoms with van der Waals surface area (Å²) in [7, 11) is 3.02. The number of aliphatic hydroxyl groups excluding tert-OH is 1. The first-order chi connectivity index (χ1) is 12.0. The SMILES string of the molecule is COc1cc2ncn(C[C@@H](O)c3ccc(Cl)cc3)c(=O)c2cc1OC. The molecule has 2 aromatic carbocycles. The van der Waals surface area contributed by atoms with E-state index in [9.17, 15) is 9.90 Å². The lowest BCUT2D eigenvalue weighted by molar-refractivity contribution is 0.155. The predicted octanol–water partition coefficient (Wildman–Crippen LogP) is 2.80. The molecule has 0 saturated heterocycles. The van der Waals surface area contributed by atoms with Crippen LogP contribution in [0.4, 0.5) is 0 Å². The largest absolute Gasteiger partial charge is 0.493 e. The van der Waals surface area contributed by atoms with Crippen LogP contribution in [0.15, 0.2) is 47.5 Å². The Bertz CT molecular complexity index is 954. The molecule has 25 heavy (non-hydrogen) atoms. The molecule has 0 bridgehead atoms. The lowest BCUT2D eigenvalue weighted by atomic mass is 10.1. The fourth-order valence-corrected chi connectivity index (χ4v) is 2.72. The van der Waals surface area contributed by atoms with Crippen LogP contribution in [0.1, 0.15) is 11.7 Å². The molecule has 1 aromatic heterocycles. The molecule has 3 rings (SSSR count). The van der Waals surface area contributed by atoms with E-state index in [0.717, 1.165) is 0 Å². The van der Waals surface area contributed by atoms with Gasteiger partial charge in [0.05, 0.1) is 44.1 Å². The van der Waals surface area contributed by atoms with E-state index in [1.165, 1.54) is 25.1 Å². The van der Waals surface area contributed by atoms with Gasteiger partial charge in [0.1, 0.15) is 0 Å². The topological polar surface area (TPSA) is 73.6 Å². The van der Waals surface area contributed by atoms with Gasteiger partial charge < -0.3 is 14.6 Å². The molecule has 0 aliphatic carbocycles. The normalized spacial score (nSPS) is 12.2. The first-order valence-electron chi connectivity index (χ1n) is 7.58. The van der Waals surface area contributed by atoms with Crippen molar-refractivity contribution in [2.24, 2.45) is 0 Å².